The van der Waals surface area contributed by atoms with Crippen LogP contribution in [0.3, 0.4) is 0 Å². The normalized spacial score (nSPS) is 14.5. The van der Waals surface area contributed by atoms with Gasteiger partial charge in [0, 0.05) is 23.1 Å². The van der Waals surface area contributed by atoms with Gasteiger partial charge < -0.3 is 9.90 Å². The first-order valence-corrected chi connectivity index (χ1v) is 8.13. The van der Waals surface area contributed by atoms with E-state index in [1.807, 2.05) is 6.08 Å². The fraction of sp³-hybridized carbons (Fsp3) is 0.100. The summed E-state index contributed by atoms with van der Waals surface area (Å²) < 4.78 is 0. The third-order valence-electron chi connectivity index (χ3n) is 4.57. The first-order chi connectivity index (χ1) is 12.5. The van der Waals surface area contributed by atoms with Crippen molar-refractivity contribution >= 4 is 34.2 Å². The van der Waals surface area contributed by atoms with E-state index in [-0.39, 0.29) is 11.3 Å². The molecular weight excluding hydrogens is 332 g/mol. The maximum absolute atomic E-state index is 11.7. The molecular formula is C20H13N2O4-. The zero-order valence-corrected chi connectivity index (χ0v) is 13.6. The van der Waals surface area contributed by atoms with Gasteiger partial charge in [0.2, 0.25) is 0 Å². The maximum Gasteiger partial charge on any atom is 0.270 e. The Balaban J connectivity index is 1.89. The molecule has 0 fully saturated rings. The molecule has 26 heavy (non-hydrogen) atoms. The highest BCUT2D eigenvalue weighted by Gasteiger charge is 2.24. The number of aromatic carboxylic acids is 1. The van der Waals surface area contributed by atoms with Gasteiger partial charge in [0.05, 0.1) is 22.1 Å². The second-order valence-electron chi connectivity index (χ2n) is 6.14. The van der Waals surface area contributed by atoms with E-state index in [1.165, 1.54) is 12.1 Å². The number of rotatable bonds is 3. The molecule has 0 amide bonds. The largest absolute Gasteiger partial charge is 0.545 e. The molecule has 0 aliphatic heterocycles. The number of allylic oxidation sites excluding steroid dienone is 1. The van der Waals surface area contributed by atoms with E-state index in [9.17, 15) is 20.0 Å². The zero-order valence-electron chi connectivity index (χ0n) is 13.6. The summed E-state index contributed by atoms with van der Waals surface area (Å²) in [6.45, 7) is 0. The minimum Gasteiger partial charge on any atom is -0.545 e. The summed E-state index contributed by atoms with van der Waals surface area (Å²) in [6.07, 6.45) is 3.01. The molecule has 1 aliphatic rings. The summed E-state index contributed by atoms with van der Waals surface area (Å²) in [5, 5.41) is 23.3. The number of carbonyl (C=O) groups is 1. The number of carboxylic acid groups (broad SMARTS) is 1. The Morgan fingerprint density at radius 3 is 2.69 bits per heavy atom. The molecule has 3 aromatic rings. The van der Waals surface area contributed by atoms with Crippen molar-refractivity contribution in [1.82, 2.24) is 4.98 Å². The first-order valence-electron chi connectivity index (χ1n) is 8.13. The molecule has 2 aromatic carbocycles. The maximum atomic E-state index is 11.7. The number of pyridine rings is 1. The van der Waals surface area contributed by atoms with Crippen molar-refractivity contribution in [3.05, 3.63) is 81.0 Å². The van der Waals surface area contributed by atoms with Crippen LogP contribution in [-0.4, -0.2) is 15.9 Å². The highest BCUT2D eigenvalue weighted by atomic mass is 16.6. The van der Waals surface area contributed by atoms with E-state index < -0.39 is 10.9 Å². The van der Waals surface area contributed by atoms with Gasteiger partial charge in [-0.2, -0.15) is 0 Å². The Morgan fingerprint density at radius 1 is 1.12 bits per heavy atom. The van der Waals surface area contributed by atoms with Crippen LogP contribution in [0.25, 0.3) is 22.6 Å². The number of carbonyl (C=O) groups excluding carboxylic acids is 1. The van der Waals surface area contributed by atoms with E-state index in [0.717, 1.165) is 5.57 Å². The van der Waals surface area contributed by atoms with Gasteiger partial charge in [-0.3, -0.25) is 10.1 Å². The van der Waals surface area contributed by atoms with Gasteiger partial charge >= 0.3 is 0 Å². The van der Waals surface area contributed by atoms with E-state index in [4.69, 9.17) is 0 Å². The highest BCUT2D eigenvalue weighted by Crippen LogP contribution is 2.37. The van der Waals surface area contributed by atoms with Crippen molar-refractivity contribution in [2.24, 2.45) is 0 Å². The SMILES string of the molecule is O=C([O-])c1c2c(nc3ccccc13)/C(=C/c1cccc([N+](=O)[O-])c1)CC2. The molecule has 0 radical (unpaired) electrons. The average Bonchev–Trinajstić information content (AvgIpc) is 3.01. The molecule has 0 N–H and O–H groups in total. The van der Waals surface area contributed by atoms with Crippen LogP contribution in [0.15, 0.2) is 48.5 Å². The lowest BCUT2D eigenvalue weighted by Gasteiger charge is -2.13. The lowest BCUT2D eigenvalue weighted by Crippen LogP contribution is -2.24. The smallest absolute Gasteiger partial charge is 0.270 e. The van der Waals surface area contributed by atoms with Crippen LogP contribution in [0.5, 0.6) is 0 Å². The number of carboxylic acids is 1. The number of para-hydroxylation sites is 1. The van der Waals surface area contributed by atoms with Crippen molar-refractivity contribution in [2.75, 3.05) is 0 Å². The van der Waals surface area contributed by atoms with E-state index in [0.29, 0.717) is 40.6 Å². The molecule has 6 nitrogen and oxygen atoms in total. The lowest BCUT2D eigenvalue weighted by atomic mass is 10.0. The second-order valence-corrected chi connectivity index (χ2v) is 6.14. The highest BCUT2D eigenvalue weighted by molar-refractivity contribution is 6.05. The van der Waals surface area contributed by atoms with E-state index in [1.54, 1.807) is 36.4 Å². The Labute approximate surface area is 148 Å². The van der Waals surface area contributed by atoms with Crippen molar-refractivity contribution in [3.63, 3.8) is 0 Å². The van der Waals surface area contributed by atoms with Crippen LogP contribution in [0.4, 0.5) is 5.69 Å². The summed E-state index contributed by atoms with van der Waals surface area (Å²) in [6, 6.07) is 13.4. The lowest BCUT2D eigenvalue weighted by molar-refractivity contribution is -0.384. The number of benzene rings is 2. The molecule has 0 saturated carbocycles. The third kappa shape index (κ3) is 2.61. The molecule has 1 heterocycles. The fourth-order valence-corrected chi connectivity index (χ4v) is 3.44. The average molecular weight is 345 g/mol. The summed E-state index contributed by atoms with van der Waals surface area (Å²) >= 11 is 0. The molecule has 0 unspecified atom stereocenters. The fourth-order valence-electron chi connectivity index (χ4n) is 3.44. The molecule has 0 saturated heterocycles. The number of nitro groups is 1. The van der Waals surface area contributed by atoms with E-state index >= 15 is 0 Å². The van der Waals surface area contributed by atoms with Gasteiger partial charge in [0.25, 0.3) is 5.69 Å². The van der Waals surface area contributed by atoms with Crippen LogP contribution in [-0.2, 0) is 6.42 Å². The summed E-state index contributed by atoms with van der Waals surface area (Å²) in [5.41, 5.74) is 3.65. The monoisotopic (exact) mass is 345 g/mol. The van der Waals surface area contributed by atoms with Crippen LogP contribution in [0.1, 0.15) is 33.6 Å². The first kappa shape index (κ1) is 16.0. The summed E-state index contributed by atoms with van der Waals surface area (Å²) in [7, 11) is 0. The number of aromatic nitrogens is 1. The van der Waals surface area contributed by atoms with Gasteiger partial charge in [-0.05, 0) is 41.7 Å². The Kier molecular flexibility index (Phi) is 3.73. The Hall–Kier alpha value is -3.54. The topological polar surface area (TPSA) is 96.2 Å². The van der Waals surface area contributed by atoms with Crippen molar-refractivity contribution in [3.8, 4) is 0 Å². The standard InChI is InChI=1S/C20H14N2O4/c23-20(24)18-15-6-1-2-7-17(15)21-19-13(8-9-16(18)19)10-12-4-3-5-14(11-12)22(25)26/h1-7,10-11H,8-9H2,(H,23,24)/p-1/b13-10+. The molecule has 128 valence electrons. The summed E-state index contributed by atoms with van der Waals surface area (Å²) in [5.74, 6) is -1.21. The van der Waals surface area contributed by atoms with Gasteiger partial charge in [-0.25, -0.2) is 4.98 Å². The third-order valence-corrected chi connectivity index (χ3v) is 4.57. The minimum absolute atomic E-state index is 0.0134. The van der Waals surface area contributed by atoms with Crippen molar-refractivity contribution in [1.29, 1.82) is 0 Å². The number of non-ortho nitro benzene ring substituents is 1. The second kappa shape index (κ2) is 6.07. The van der Waals surface area contributed by atoms with Crippen molar-refractivity contribution < 1.29 is 14.8 Å². The van der Waals surface area contributed by atoms with Gasteiger partial charge in [-0.1, -0.05) is 30.3 Å². The van der Waals surface area contributed by atoms with Crippen LogP contribution in [0.2, 0.25) is 0 Å². The predicted molar refractivity (Wildman–Crippen MR) is 95.4 cm³/mol. The molecule has 0 spiro atoms. The number of hydrogen-bond donors (Lipinski definition) is 0. The van der Waals surface area contributed by atoms with Crippen LogP contribution in [0, 0.1) is 10.1 Å². The number of nitrogens with zero attached hydrogens (tertiary/aromatic N) is 2. The predicted octanol–water partition coefficient (Wildman–Crippen LogP) is 2.99. The van der Waals surface area contributed by atoms with Crippen LogP contribution >= 0.6 is 0 Å². The quantitative estimate of drug-likeness (QED) is 0.537. The van der Waals surface area contributed by atoms with Crippen LogP contribution < -0.4 is 5.11 Å². The van der Waals surface area contributed by atoms with Gasteiger partial charge in [0.15, 0.2) is 0 Å². The zero-order chi connectivity index (χ0) is 18.3. The molecule has 0 bridgehead atoms. The Bertz CT molecular complexity index is 1100. The van der Waals surface area contributed by atoms with E-state index in [2.05, 4.69) is 4.98 Å². The molecule has 4 rings (SSSR count). The minimum atomic E-state index is -1.21. The Morgan fingerprint density at radius 2 is 1.92 bits per heavy atom. The molecule has 1 aromatic heterocycles. The number of nitro benzene ring substituents is 1. The molecule has 0 atom stereocenters. The molecule has 6 heteroatoms. The van der Waals surface area contributed by atoms with Gasteiger partial charge in [0.1, 0.15) is 0 Å². The molecule has 1 aliphatic carbocycles. The summed E-state index contributed by atoms with van der Waals surface area (Å²) in [4.78, 5) is 26.9. The van der Waals surface area contributed by atoms with Crippen molar-refractivity contribution in [2.45, 2.75) is 12.8 Å². The number of hydrogen-bond acceptors (Lipinski definition) is 5. The van der Waals surface area contributed by atoms with Gasteiger partial charge in [-0.15, -0.1) is 0 Å². The number of fused-ring (bicyclic) bond motifs is 2.